The second-order valence-electron chi connectivity index (χ2n) is 7.78. The Morgan fingerprint density at radius 3 is 2.57 bits per heavy atom. The minimum atomic E-state index is 0.743. The summed E-state index contributed by atoms with van der Waals surface area (Å²) in [6.45, 7) is 5.24. The van der Waals surface area contributed by atoms with Gasteiger partial charge in [-0.1, -0.05) is 45.7 Å². The van der Waals surface area contributed by atoms with Gasteiger partial charge in [0.1, 0.15) is 0 Å². The van der Waals surface area contributed by atoms with Gasteiger partial charge in [-0.05, 0) is 80.2 Å². The molecule has 4 rings (SSSR count). The molecule has 0 bridgehead atoms. The quantitative estimate of drug-likeness (QED) is 0.652. The molecule has 3 nitrogen and oxygen atoms in total. The Hall–Kier alpha value is -1.49. The molecule has 2 aromatic rings. The van der Waals surface area contributed by atoms with Crippen LogP contribution in [0.25, 0.3) is 0 Å². The van der Waals surface area contributed by atoms with Crippen LogP contribution in [0.3, 0.4) is 0 Å². The van der Waals surface area contributed by atoms with Crippen molar-refractivity contribution in [2.75, 3.05) is 37.7 Å². The van der Waals surface area contributed by atoms with Gasteiger partial charge in [0.2, 0.25) is 0 Å². The largest absolute Gasteiger partial charge is 0.370 e. The molecule has 28 heavy (non-hydrogen) atoms. The van der Waals surface area contributed by atoms with Crippen LogP contribution in [-0.2, 0) is 6.42 Å². The number of para-hydroxylation sites is 1. The first-order chi connectivity index (χ1) is 13.7. The Kier molecular flexibility index (Phi) is 6.61. The molecule has 0 saturated carbocycles. The third kappa shape index (κ3) is 5.11. The molecule has 1 N–H and O–H groups in total. The average molecular weight is 461 g/mol. The molecule has 0 amide bonds. The number of anilines is 1. The Bertz CT molecular complexity index is 816. The number of benzene rings is 2. The third-order valence-corrected chi connectivity index (χ3v) is 6.80. The van der Waals surface area contributed by atoms with E-state index in [-0.39, 0.29) is 0 Å². The number of hydrogen-bond acceptors (Lipinski definition) is 3. The van der Waals surface area contributed by atoms with Gasteiger partial charge >= 0.3 is 0 Å². The molecule has 2 aromatic carbocycles. The van der Waals surface area contributed by atoms with Crippen molar-refractivity contribution in [3.05, 3.63) is 75.4 Å². The van der Waals surface area contributed by atoms with Crippen molar-refractivity contribution < 1.29 is 0 Å². The summed E-state index contributed by atoms with van der Waals surface area (Å²) >= 11 is 9.84. The molecule has 2 aliphatic rings. The molecule has 2 heterocycles. The van der Waals surface area contributed by atoms with Gasteiger partial charge in [0, 0.05) is 34.0 Å². The monoisotopic (exact) mass is 459 g/mol. The van der Waals surface area contributed by atoms with Gasteiger partial charge in [0.05, 0.1) is 6.67 Å². The number of likely N-dealkylation sites (tertiary alicyclic amines) is 1. The summed E-state index contributed by atoms with van der Waals surface area (Å²) in [5.74, 6) is 0.743. The predicted molar refractivity (Wildman–Crippen MR) is 122 cm³/mol. The van der Waals surface area contributed by atoms with E-state index in [9.17, 15) is 0 Å². The van der Waals surface area contributed by atoms with E-state index >= 15 is 0 Å². The summed E-state index contributed by atoms with van der Waals surface area (Å²) in [6, 6.07) is 16.7. The number of nitrogens with one attached hydrogen (secondary N) is 1. The normalized spacial score (nSPS) is 18.6. The number of halogens is 2. The number of nitrogens with zero attached hydrogens (tertiary/aromatic N) is 2. The maximum absolute atomic E-state index is 6.17. The van der Waals surface area contributed by atoms with E-state index in [4.69, 9.17) is 11.6 Å². The Morgan fingerprint density at radius 1 is 1.07 bits per heavy atom. The van der Waals surface area contributed by atoms with E-state index < -0.39 is 0 Å². The van der Waals surface area contributed by atoms with Crippen molar-refractivity contribution in [2.45, 2.75) is 19.3 Å². The van der Waals surface area contributed by atoms with Crippen LogP contribution < -0.4 is 10.2 Å². The zero-order valence-corrected chi connectivity index (χ0v) is 18.4. The second kappa shape index (κ2) is 9.34. The van der Waals surface area contributed by atoms with E-state index in [1.807, 2.05) is 6.07 Å². The van der Waals surface area contributed by atoms with Gasteiger partial charge in [-0.25, -0.2) is 0 Å². The maximum atomic E-state index is 6.17. The molecule has 0 radical (unpaired) electrons. The van der Waals surface area contributed by atoms with Crippen LogP contribution in [0.4, 0.5) is 5.69 Å². The summed E-state index contributed by atoms with van der Waals surface area (Å²) in [4.78, 5) is 4.94. The van der Waals surface area contributed by atoms with Crippen LogP contribution in [-0.4, -0.2) is 37.7 Å². The van der Waals surface area contributed by atoms with Gasteiger partial charge in [0.15, 0.2) is 0 Å². The number of hydrogen-bond donors (Lipinski definition) is 1. The van der Waals surface area contributed by atoms with Crippen LogP contribution >= 0.6 is 27.5 Å². The van der Waals surface area contributed by atoms with Gasteiger partial charge in [-0.15, -0.1) is 0 Å². The van der Waals surface area contributed by atoms with Gasteiger partial charge in [0.25, 0.3) is 0 Å². The standard InChI is InChI=1S/C23H27BrClN3/c24-23-7-6-20(25)15-19(23)14-18-8-11-27(12-9-18)16-21-10-13-28(17-26-21)22-4-2-1-3-5-22/h1-7,10,15,18,26H,8-9,11-14,16-17H2. The molecular formula is C23H27BrClN3. The Balaban J connectivity index is 1.25. The van der Waals surface area contributed by atoms with Gasteiger partial charge in [-0.3, -0.25) is 4.90 Å². The highest BCUT2D eigenvalue weighted by Crippen LogP contribution is 2.28. The fraction of sp³-hybridized carbons (Fsp3) is 0.391. The van der Waals surface area contributed by atoms with Crippen LogP contribution in [0.5, 0.6) is 0 Å². The smallest absolute Gasteiger partial charge is 0.0877 e. The maximum Gasteiger partial charge on any atom is 0.0877 e. The van der Waals surface area contributed by atoms with Crippen molar-refractivity contribution in [1.29, 1.82) is 0 Å². The summed E-state index contributed by atoms with van der Waals surface area (Å²) < 4.78 is 1.18. The van der Waals surface area contributed by atoms with E-state index in [0.717, 1.165) is 37.1 Å². The summed E-state index contributed by atoms with van der Waals surface area (Å²) in [5, 5.41) is 4.43. The lowest BCUT2D eigenvalue weighted by Crippen LogP contribution is -2.43. The zero-order chi connectivity index (χ0) is 19.3. The highest BCUT2D eigenvalue weighted by atomic mass is 79.9. The molecule has 0 aliphatic carbocycles. The highest BCUT2D eigenvalue weighted by Gasteiger charge is 2.22. The van der Waals surface area contributed by atoms with Crippen LogP contribution in [0.2, 0.25) is 5.02 Å². The summed E-state index contributed by atoms with van der Waals surface area (Å²) in [6.07, 6.45) is 5.96. The zero-order valence-electron chi connectivity index (χ0n) is 16.1. The molecule has 0 aromatic heterocycles. The molecule has 2 aliphatic heterocycles. The topological polar surface area (TPSA) is 18.5 Å². The highest BCUT2D eigenvalue weighted by molar-refractivity contribution is 9.10. The van der Waals surface area contributed by atoms with Crippen molar-refractivity contribution in [1.82, 2.24) is 10.2 Å². The first kappa shape index (κ1) is 19.8. The Morgan fingerprint density at radius 2 is 1.86 bits per heavy atom. The van der Waals surface area contributed by atoms with Crippen LogP contribution in [0.1, 0.15) is 18.4 Å². The van der Waals surface area contributed by atoms with E-state index in [1.165, 1.54) is 47.4 Å². The lowest BCUT2D eigenvalue weighted by molar-refractivity contribution is 0.194. The molecule has 0 atom stereocenters. The Labute approximate surface area is 181 Å². The number of rotatable bonds is 5. The van der Waals surface area contributed by atoms with Crippen molar-refractivity contribution in [2.24, 2.45) is 5.92 Å². The van der Waals surface area contributed by atoms with Crippen molar-refractivity contribution in [3.8, 4) is 0 Å². The fourth-order valence-electron chi connectivity index (χ4n) is 4.11. The third-order valence-electron chi connectivity index (χ3n) is 5.79. The average Bonchev–Trinajstić information content (AvgIpc) is 2.73. The molecule has 0 unspecified atom stereocenters. The molecule has 1 fully saturated rings. The van der Waals surface area contributed by atoms with Gasteiger partial charge < -0.3 is 10.2 Å². The molecule has 0 spiro atoms. The SMILES string of the molecule is Clc1ccc(Br)c(CC2CCN(CC3=CCN(c4ccccc4)CN3)CC2)c1. The van der Waals surface area contributed by atoms with Crippen LogP contribution in [0.15, 0.2) is 64.8 Å². The minimum absolute atomic E-state index is 0.743. The summed E-state index contributed by atoms with van der Waals surface area (Å²) in [7, 11) is 0. The van der Waals surface area contributed by atoms with Crippen molar-refractivity contribution in [3.63, 3.8) is 0 Å². The van der Waals surface area contributed by atoms with Crippen molar-refractivity contribution >= 4 is 33.2 Å². The van der Waals surface area contributed by atoms with Gasteiger partial charge in [-0.2, -0.15) is 0 Å². The first-order valence-corrected chi connectivity index (χ1v) is 11.2. The molecular weight excluding hydrogens is 434 g/mol. The van der Waals surface area contributed by atoms with E-state index in [0.29, 0.717) is 0 Å². The lowest BCUT2D eigenvalue weighted by atomic mass is 9.90. The second-order valence-corrected chi connectivity index (χ2v) is 9.07. The summed E-state index contributed by atoms with van der Waals surface area (Å²) in [5.41, 5.74) is 3.98. The first-order valence-electron chi connectivity index (χ1n) is 10.1. The predicted octanol–water partition coefficient (Wildman–Crippen LogP) is 5.31. The number of piperidine rings is 1. The molecule has 148 valence electrons. The fourth-order valence-corrected chi connectivity index (χ4v) is 4.71. The van der Waals surface area contributed by atoms with Crippen LogP contribution in [0, 0.1) is 5.92 Å². The molecule has 1 saturated heterocycles. The van der Waals surface area contributed by atoms with E-state index in [2.05, 4.69) is 79.6 Å². The molecule has 5 heteroatoms. The minimum Gasteiger partial charge on any atom is -0.370 e. The van der Waals surface area contributed by atoms with E-state index in [1.54, 1.807) is 0 Å². The lowest BCUT2D eigenvalue weighted by Gasteiger charge is -2.35.